The molecule has 3 aromatic rings. The third-order valence-corrected chi connectivity index (χ3v) is 6.37. The van der Waals surface area contributed by atoms with E-state index in [0.29, 0.717) is 55.4 Å². The molecule has 2 aliphatic heterocycles. The minimum absolute atomic E-state index is 0.0379. The molecule has 1 atom stereocenters. The van der Waals surface area contributed by atoms with Crippen LogP contribution in [0.15, 0.2) is 60.7 Å². The van der Waals surface area contributed by atoms with Crippen LogP contribution in [0.2, 0.25) is 0 Å². The Kier molecular flexibility index (Phi) is 6.72. The molecule has 10 heteroatoms. The molecule has 1 unspecified atom stereocenters. The quantitative estimate of drug-likeness (QED) is 0.186. The Hall–Kier alpha value is -4.47. The number of aliphatic hydroxyl groups is 1. The molecule has 2 aromatic carbocycles. The van der Waals surface area contributed by atoms with Gasteiger partial charge in [0.2, 0.25) is 6.33 Å². The Morgan fingerprint density at radius 3 is 2.73 bits per heavy atom. The van der Waals surface area contributed by atoms with Gasteiger partial charge in [-0.3, -0.25) is 14.6 Å². The highest BCUT2D eigenvalue weighted by Gasteiger charge is 2.46. The van der Waals surface area contributed by atoms with Gasteiger partial charge in [-0.05, 0) is 42.8 Å². The highest BCUT2D eigenvalue weighted by molar-refractivity contribution is 6.46. The molecule has 3 N–H and O–H groups in total. The van der Waals surface area contributed by atoms with Crippen molar-refractivity contribution in [1.29, 1.82) is 0 Å². The van der Waals surface area contributed by atoms with Gasteiger partial charge >= 0.3 is 0 Å². The Bertz CT molecular complexity index is 1350. The number of H-pyrrole nitrogens is 1. The number of imidazole rings is 1. The van der Waals surface area contributed by atoms with Gasteiger partial charge in [-0.15, -0.1) is 0 Å². The van der Waals surface area contributed by atoms with Gasteiger partial charge in [0.1, 0.15) is 31.4 Å². The van der Waals surface area contributed by atoms with Crippen LogP contribution in [0.1, 0.15) is 30.5 Å². The number of hydrogen-bond donors (Lipinski definition) is 3. The maximum Gasteiger partial charge on any atom is 0.295 e. The molecule has 0 saturated carbocycles. The number of likely N-dealkylation sites (tertiary alicyclic amines) is 1. The zero-order valence-corrected chi connectivity index (χ0v) is 20.3. The van der Waals surface area contributed by atoms with Crippen LogP contribution in [0, 0.1) is 0 Å². The number of fused-ring (bicyclic) bond motifs is 1. The number of hydrogen-bond acceptors (Lipinski definition) is 7. The van der Waals surface area contributed by atoms with Crippen LogP contribution < -0.4 is 18.8 Å². The molecule has 0 spiro atoms. The van der Waals surface area contributed by atoms with Crippen LogP contribution in [-0.4, -0.2) is 58.2 Å². The number of phenols is 1. The van der Waals surface area contributed by atoms with Crippen molar-refractivity contribution in [2.24, 2.45) is 0 Å². The maximum absolute atomic E-state index is 13.3. The summed E-state index contributed by atoms with van der Waals surface area (Å²) in [6.07, 6.45) is 6.06. The molecule has 0 radical (unpaired) electrons. The summed E-state index contributed by atoms with van der Waals surface area (Å²) in [7, 11) is 0. The SMILES string of the molecule is CCOc1cc(C2C(=C(O)c3ccc4c(c3)OCCO4)C(=O)C(=O)N2CCC[n+]2cc[nH]c2)ccc1O. The Morgan fingerprint density at radius 2 is 1.97 bits per heavy atom. The summed E-state index contributed by atoms with van der Waals surface area (Å²) >= 11 is 0. The van der Waals surface area contributed by atoms with Gasteiger partial charge in [0.15, 0.2) is 23.0 Å². The van der Waals surface area contributed by atoms with Crippen LogP contribution in [0.4, 0.5) is 0 Å². The lowest BCUT2D eigenvalue weighted by Gasteiger charge is -2.26. The summed E-state index contributed by atoms with van der Waals surface area (Å²) in [6, 6.07) is 8.69. The third-order valence-electron chi connectivity index (χ3n) is 6.37. The summed E-state index contributed by atoms with van der Waals surface area (Å²) in [4.78, 5) is 31.0. The number of ketones is 1. The summed E-state index contributed by atoms with van der Waals surface area (Å²) < 4.78 is 18.7. The predicted octanol–water partition coefficient (Wildman–Crippen LogP) is 2.69. The second-order valence-corrected chi connectivity index (χ2v) is 8.71. The van der Waals surface area contributed by atoms with Crippen LogP contribution in [0.5, 0.6) is 23.0 Å². The summed E-state index contributed by atoms with van der Waals surface area (Å²) in [5.74, 6) is -0.623. The molecule has 1 fully saturated rings. The first kappa shape index (κ1) is 24.2. The van der Waals surface area contributed by atoms with E-state index in [4.69, 9.17) is 14.2 Å². The first-order valence-corrected chi connectivity index (χ1v) is 12.1. The molecule has 3 heterocycles. The molecule has 1 aromatic heterocycles. The number of nitrogens with one attached hydrogen (secondary N) is 1. The number of rotatable bonds is 8. The number of benzene rings is 2. The number of ether oxygens (including phenoxy) is 3. The molecule has 0 aliphatic carbocycles. The number of aromatic hydroxyl groups is 1. The number of carbonyl (C=O) groups excluding carboxylic acids is 2. The first-order valence-electron chi connectivity index (χ1n) is 12.1. The molecule has 5 rings (SSSR count). The van der Waals surface area contributed by atoms with Gasteiger partial charge in [-0.2, -0.15) is 0 Å². The van der Waals surface area contributed by atoms with Crippen molar-refractivity contribution in [2.75, 3.05) is 26.4 Å². The summed E-state index contributed by atoms with van der Waals surface area (Å²) in [5.41, 5.74) is 0.830. The average Bonchev–Trinajstić information content (AvgIpc) is 3.52. The molecule has 192 valence electrons. The number of nitrogens with zero attached hydrogens (tertiary/aromatic N) is 2. The second kappa shape index (κ2) is 10.3. The number of aliphatic hydroxyl groups excluding tert-OH is 1. The van der Waals surface area contributed by atoms with Crippen LogP contribution in [-0.2, 0) is 16.1 Å². The number of carbonyl (C=O) groups is 2. The van der Waals surface area contributed by atoms with Crippen molar-refractivity contribution in [2.45, 2.75) is 25.9 Å². The largest absolute Gasteiger partial charge is 0.507 e. The lowest BCUT2D eigenvalue weighted by molar-refractivity contribution is -0.695. The fraction of sp³-hybridized carbons (Fsp3) is 0.296. The van der Waals surface area contributed by atoms with E-state index in [2.05, 4.69) is 4.98 Å². The van der Waals surface area contributed by atoms with Crippen LogP contribution in [0.25, 0.3) is 5.76 Å². The lowest BCUT2D eigenvalue weighted by Crippen LogP contribution is -2.36. The zero-order chi connectivity index (χ0) is 25.9. The third kappa shape index (κ3) is 4.69. The van der Waals surface area contributed by atoms with Gasteiger partial charge in [0.25, 0.3) is 11.7 Å². The van der Waals surface area contributed by atoms with Gasteiger partial charge in [-0.1, -0.05) is 6.07 Å². The number of Topliss-reactive ketones (excluding diaryl/α,β-unsaturated/α-hetero) is 1. The molecular weight excluding hydrogens is 478 g/mol. The maximum atomic E-state index is 13.3. The average molecular weight is 507 g/mol. The Labute approximate surface area is 213 Å². The van der Waals surface area contributed by atoms with Crippen LogP contribution in [0.3, 0.4) is 0 Å². The number of aryl methyl sites for hydroxylation is 1. The zero-order valence-electron chi connectivity index (χ0n) is 20.3. The monoisotopic (exact) mass is 506 g/mol. The Morgan fingerprint density at radius 1 is 1.16 bits per heavy atom. The number of phenolic OH excluding ortho intramolecular Hbond substituents is 1. The van der Waals surface area contributed by atoms with E-state index in [9.17, 15) is 19.8 Å². The van der Waals surface area contributed by atoms with Crippen molar-refractivity contribution in [3.05, 3.63) is 71.8 Å². The summed E-state index contributed by atoms with van der Waals surface area (Å²) in [5, 5.41) is 21.6. The van der Waals surface area contributed by atoms with Crippen molar-refractivity contribution in [3.63, 3.8) is 0 Å². The molecule has 1 saturated heterocycles. The van der Waals surface area contributed by atoms with E-state index in [1.807, 2.05) is 17.1 Å². The lowest BCUT2D eigenvalue weighted by atomic mass is 9.94. The van der Waals surface area contributed by atoms with Gasteiger partial charge in [-0.25, -0.2) is 4.57 Å². The topological polar surface area (TPSA) is 125 Å². The predicted molar refractivity (Wildman–Crippen MR) is 131 cm³/mol. The van der Waals surface area contributed by atoms with Gasteiger partial charge in [0.05, 0.1) is 24.8 Å². The minimum Gasteiger partial charge on any atom is -0.507 e. The highest BCUT2D eigenvalue weighted by atomic mass is 16.6. The smallest absolute Gasteiger partial charge is 0.295 e. The van der Waals surface area contributed by atoms with Crippen molar-refractivity contribution < 1.29 is 38.6 Å². The first-order chi connectivity index (χ1) is 18.0. The normalized spacial score (nSPS) is 18.3. The van der Waals surface area contributed by atoms with Gasteiger partial charge in [0, 0.05) is 18.5 Å². The Balaban J connectivity index is 1.56. The standard InChI is InChI=1S/C27H27N3O7/c1-2-35-21-14-17(4-6-19(21)31)24-23(25(32)18-5-7-20-22(15-18)37-13-12-36-20)26(33)27(34)30(24)10-3-9-29-11-8-28-16-29/h4-8,11,14-16,24H,2-3,9-10,12-13H2,1H3,(H2,31,32,33)/p+1. The van der Waals surface area contributed by atoms with Crippen molar-refractivity contribution in [3.8, 4) is 23.0 Å². The molecule has 10 nitrogen and oxygen atoms in total. The van der Waals surface area contributed by atoms with E-state index in [-0.39, 0.29) is 29.4 Å². The second-order valence-electron chi connectivity index (χ2n) is 8.71. The van der Waals surface area contributed by atoms with E-state index >= 15 is 0 Å². The molecule has 2 aliphatic rings. The number of amides is 1. The van der Waals surface area contributed by atoms with Crippen LogP contribution >= 0.6 is 0 Å². The van der Waals surface area contributed by atoms with Crippen molar-refractivity contribution >= 4 is 17.4 Å². The minimum atomic E-state index is -0.871. The highest BCUT2D eigenvalue weighted by Crippen LogP contribution is 2.43. The number of aromatic amines is 1. The molecule has 37 heavy (non-hydrogen) atoms. The van der Waals surface area contributed by atoms with E-state index < -0.39 is 17.7 Å². The van der Waals surface area contributed by atoms with E-state index in [1.165, 1.54) is 11.0 Å². The van der Waals surface area contributed by atoms with Gasteiger partial charge < -0.3 is 29.3 Å². The summed E-state index contributed by atoms with van der Waals surface area (Å²) in [6.45, 7) is 3.81. The fourth-order valence-electron chi connectivity index (χ4n) is 4.66. The molecule has 0 bridgehead atoms. The van der Waals surface area contributed by atoms with Crippen molar-refractivity contribution in [1.82, 2.24) is 9.88 Å². The molecule has 1 amide bonds. The molecular formula is C27H28N3O7+. The fourth-order valence-corrected chi connectivity index (χ4v) is 4.66. The van der Waals surface area contributed by atoms with E-state index in [0.717, 1.165) is 0 Å². The van der Waals surface area contributed by atoms with E-state index in [1.54, 1.807) is 43.5 Å². The number of aromatic nitrogens is 2.